The number of nitrogen functional groups attached to an aromatic ring is 1. The van der Waals surface area contributed by atoms with E-state index in [1.54, 1.807) is 18.4 Å². The van der Waals surface area contributed by atoms with Gasteiger partial charge in [-0.1, -0.05) is 0 Å². The zero-order valence-electron chi connectivity index (χ0n) is 19.2. The molecule has 0 saturated carbocycles. The number of anilines is 1. The van der Waals surface area contributed by atoms with E-state index < -0.39 is 36.4 Å². The number of aromatic nitrogens is 3. The van der Waals surface area contributed by atoms with Crippen LogP contribution in [0, 0.1) is 0 Å². The maximum absolute atomic E-state index is 11.8. The molecule has 4 rings (SSSR count). The third kappa shape index (κ3) is 4.67. The van der Waals surface area contributed by atoms with Gasteiger partial charge in [-0.05, 0) is 39.8 Å². The van der Waals surface area contributed by atoms with Crippen LogP contribution in [0.2, 0.25) is 0 Å². The van der Waals surface area contributed by atoms with E-state index in [9.17, 15) is 4.79 Å². The minimum absolute atomic E-state index is 0.133. The van der Waals surface area contributed by atoms with Crippen molar-refractivity contribution < 1.29 is 33.2 Å². The Morgan fingerprint density at radius 3 is 2.91 bits per heavy atom. The fourth-order valence-corrected chi connectivity index (χ4v) is 4.11. The van der Waals surface area contributed by atoms with Crippen LogP contribution in [0.5, 0.6) is 0 Å². The highest BCUT2D eigenvalue weighted by molar-refractivity contribution is 5.75. The molecule has 0 bridgehead atoms. The molecule has 0 amide bonds. The number of ether oxygens (including phenoxy) is 6. The molecule has 0 radical (unpaired) electrons. The lowest BCUT2D eigenvalue weighted by Gasteiger charge is -2.29. The molecule has 4 heterocycles. The number of nitrogens with two attached hydrogens (primary N) is 1. The molecule has 12 heteroatoms. The quantitative estimate of drug-likeness (QED) is 0.292. The molecule has 3 N–H and O–H groups in total. The SMILES string of the molecule is CCOC(=O)[C@H](C)NCOC[C@@]1(C)O[C@@H](c2ccc3c(N)ncnn23)[C@@H]2OC(OCC)O[C@@H]21. The Balaban J connectivity index is 1.48. The van der Waals surface area contributed by atoms with Crippen molar-refractivity contribution in [2.75, 3.05) is 32.3 Å². The Morgan fingerprint density at radius 1 is 1.33 bits per heavy atom. The summed E-state index contributed by atoms with van der Waals surface area (Å²) in [5.41, 5.74) is 6.57. The second-order valence-electron chi connectivity index (χ2n) is 8.12. The summed E-state index contributed by atoms with van der Waals surface area (Å²) in [6, 6.07) is 3.23. The van der Waals surface area contributed by atoms with Crippen LogP contribution >= 0.6 is 0 Å². The highest BCUT2D eigenvalue weighted by Gasteiger charge is 2.60. The molecule has 1 unspecified atom stereocenters. The van der Waals surface area contributed by atoms with E-state index in [4.69, 9.17) is 34.2 Å². The first kappa shape index (κ1) is 23.8. The number of nitrogens with one attached hydrogen (secondary N) is 1. The van der Waals surface area contributed by atoms with Crippen molar-refractivity contribution in [1.82, 2.24) is 19.9 Å². The lowest BCUT2D eigenvalue weighted by molar-refractivity contribution is -0.273. The minimum atomic E-state index is -0.848. The average Bonchev–Trinajstić information content (AvgIpc) is 3.47. The molecule has 2 aliphatic heterocycles. The second kappa shape index (κ2) is 9.87. The van der Waals surface area contributed by atoms with E-state index in [-0.39, 0.29) is 19.3 Å². The first-order valence-corrected chi connectivity index (χ1v) is 11.0. The molecular weight excluding hydrogens is 434 g/mol. The van der Waals surface area contributed by atoms with Gasteiger partial charge in [-0.15, -0.1) is 0 Å². The van der Waals surface area contributed by atoms with Crippen molar-refractivity contribution in [1.29, 1.82) is 0 Å². The van der Waals surface area contributed by atoms with E-state index in [2.05, 4.69) is 15.4 Å². The minimum Gasteiger partial charge on any atom is -0.465 e. The summed E-state index contributed by atoms with van der Waals surface area (Å²) < 4.78 is 36.6. The molecule has 6 atom stereocenters. The van der Waals surface area contributed by atoms with Crippen LogP contribution in [0.4, 0.5) is 5.82 Å². The van der Waals surface area contributed by atoms with Gasteiger partial charge >= 0.3 is 5.97 Å². The van der Waals surface area contributed by atoms with Crippen LogP contribution in [0.25, 0.3) is 5.52 Å². The first-order chi connectivity index (χ1) is 15.9. The summed E-state index contributed by atoms with van der Waals surface area (Å²) in [7, 11) is 0. The van der Waals surface area contributed by atoms with E-state index in [0.29, 0.717) is 24.5 Å². The Hall–Kier alpha value is -2.35. The number of nitrogens with zero attached hydrogens (tertiary/aromatic N) is 3. The predicted molar refractivity (Wildman–Crippen MR) is 115 cm³/mol. The highest BCUT2D eigenvalue weighted by atomic mass is 16.9. The molecule has 2 aliphatic rings. The van der Waals surface area contributed by atoms with Gasteiger partial charge in [-0.3, -0.25) is 10.1 Å². The molecule has 2 saturated heterocycles. The van der Waals surface area contributed by atoms with Crippen molar-refractivity contribution in [3.05, 3.63) is 24.2 Å². The molecule has 0 aliphatic carbocycles. The largest absolute Gasteiger partial charge is 0.465 e. The Labute approximate surface area is 191 Å². The normalized spacial score (nSPS) is 29.9. The van der Waals surface area contributed by atoms with Crippen LogP contribution in [0.15, 0.2) is 18.5 Å². The summed E-state index contributed by atoms with van der Waals surface area (Å²) in [5.74, 6) is 0.0347. The van der Waals surface area contributed by atoms with Crippen molar-refractivity contribution in [2.45, 2.75) is 64.1 Å². The molecule has 2 aromatic rings. The number of esters is 1. The van der Waals surface area contributed by atoms with Crippen LogP contribution in [-0.4, -0.2) is 77.4 Å². The highest BCUT2D eigenvalue weighted by Crippen LogP contribution is 2.47. The van der Waals surface area contributed by atoms with E-state index >= 15 is 0 Å². The van der Waals surface area contributed by atoms with Crippen LogP contribution < -0.4 is 11.1 Å². The lowest BCUT2D eigenvalue weighted by Crippen LogP contribution is -2.45. The zero-order chi connectivity index (χ0) is 23.6. The van der Waals surface area contributed by atoms with Crippen LogP contribution in [0.3, 0.4) is 0 Å². The molecule has 182 valence electrons. The van der Waals surface area contributed by atoms with Gasteiger partial charge in [0.25, 0.3) is 6.48 Å². The summed E-state index contributed by atoms with van der Waals surface area (Å²) in [5, 5.41) is 7.31. The predicted octanol–water partition coefficient (Wildman–Crippen LogP) is 0.761. The Kier molecular flexibility index (Phi) is 7.12. The van der Waals surface area contributed by atoms with E-state index in [0.717, 1.165) is 5.69 Å². The van der Waals surface area contributed by atoms with Crippen molar-refractivity contribution in [3.8, 4) is 0 Å². The molecule has 12 nitrogen and oxygen atoms in total. The van der Waals surface area contributed by atoms with Gasteiger partial charge in [0.1, 0.15) is 41.8 Å². The monoisotopic (exact) mass is 465 g/mol. The van der Waals surface area contributed by atoms with Crippen molar-refractivity contribution in [3.63, 3.8) is 0 Å². The summed E-state index contributed by atoms with van der Waals surface area (Å²) in [6.07, 6.45) is -0.00854. The third-order valence-corrected chi connectivity index (χ3v) is 5.75. The van der Waals surface area contributed by atoms with Gasteiger partial charge in [0.05, 0.1) is 25.6 Å². The number of hydrogen-bond acceptors (Lipinski definition) is 11. The summed E-state index contributed by atoms with van der Waals surface area (Å²) >= 11 is 0. The van der Waals surface area contributed by atoms with Crippen molar-refractivity contribution in [2.24, 2.45) is 0 Å². The maximum Gasteiger partial charge on any atom is 0.322 e. The first-order valence-electron chi connectivity index (χ1n) is 11.0. The number of hydrogen-bond donors (Lipinski definition) is 2. The van der Waals surface area contributed by atoms with E-state index in [1.807, 2.05) is 26.0 Å². The number of fused-ring (bicyclic) bond motifs is 2. The van der Waals surface area contributed by atoms with Gasteiger partial charge in [-0.25, -0.2) is 9.50 Å². The Morgan fingerprint density at radius 2 is 2.15 bits per heavy atom. The Bertz CT molecular complexity index is 972. The molecule has 0 aromatic carbocycles. The smallest absolute Gasteiger partial charge is 0.322 e. The molecule has 33 heavy (non-hydrogen) atoms. The topological polar surface area (TPSA) is 141 Å². The average molecular weight is 466 g/mol. The third-order valence-electron chi connectivity index (χ3n) is 5.75. The molecule has 0 spiro atoms. The van der Waals surface area contributed by atoms with Gasteiger partial charge < -0.3 is 34.2 Å². The number of carbonyl (C=O) groups excluding carboxylic acids is 1. The zero-order valence-corrected chi connectivity index (χ0v) is 19.2. The molecule has 2 aromatic heterocycles. The maximum atomic E-state index is 11.8. The van der Waals surface area contributed by atoms with Gasteiger partial charge in [0.15, 0.2) is 5.82 Å². The summed E-state index contributed by atoms with van der Waals surface area (Å²) in [6.45, 7) is 7.53. The van der Waals surface area contributed by atoms with Crippen LogP contribution in [0.1, 0.15) is 39.5 Å². The van der Waals surface area contributed by atoms with Crippen LogP contribution in [-0.2, 0) is 33.2 Å². The summed E-state index contributed by atoms with van der Waals surface area (Å²) in [4.78, 5) is 15.8. The van der Waals surface area contributed by atoms with Gasteiger partial charge in [0.2, 0.25) is 0 Å². The number of rotatable bonds is 10. The standard InChI is InChI=1S/C21H31N5O7/c1-5-29-19(27)12(3)24-11-28-9-21(4)17-16(31-20(32-17)30-6-2)15(33-21)13-7-8-14-18(22)23-10-25-26(13)14/h7-8,10,12,15-17,20,24H,5-6,9,11H2,1-4H3,(H2,22,23,25)/t12-,15-,16-,17-,20?,21+/m0/s1. The fraction of sp³-hybridized carbons (Fsp3) is 0.667. The molecular formula is C21H31N5O7. The van der Waals surface area contributed by atoms with Gasteiger partial charge in [0, 0.05) is 6.61 Å². The van der Waals surface area contributed by atoms with Gasteiger partial charge in [-0.2, -0.15) is 5.10 Å². The second-order valence-corrected chi connectivity index (χ2v) is 8.12. The van der Waals surface area contributed by atoms with Crippen molar-refractivity contribution >= 4 is 17.3 Å². The fourth-order valence-electron chi connectivity index (χ4n) is 4.11. The molecule has 2 fully saturated rings. The number of carbonyl (C=O) groups is 1. The van der Waals surface area contributed by atoms with E-state index in [1.165, 1.54) is 6.33 Å². The lowest BCUT2D eigenvalue weighted by atomic mass is 9.97.